The molecule has 0 bridgehead atoms. The Hall–Kier alpha value is -0.940. The second kappa shape index (κ2) is 12.8. The van der Waals surface area contributed by atoms with E-state index in [1.807, 2.05) is 6.92 Å². The van der Waals surface area contributed by atoms with Gasteiger partial charge < -0.3 is 15.4 Å². The van der Waals surface area contributed by atoms with Crippen molar-refractivity contribution in [2.24, 2.45) is 10.4 Å². The van der Waals surface area contributed by atoms with E-state index in [1.54, 1.807) is 7.11 Å². The number of halogens is 2. The summed E-state index contributed by atoms with van der Waals surface area (Å²) in [5.74, 6) is 0.142. The maximum Gasteiger partial charge on any atom is 0.191 e. The van der Waals surface area contributed by atoms with Crippen molar-refractivity contribution in [3.8, 4) is 0 Å². The number of hydrogen-bond acceptors (Lipinski definition) is 4. The van der Waals surface area contributed by atoms with Gasteiger partial charge >= 0.3 is 0 Å². The van der Waals surface area contributed by atoms with Gasteiger partial charge in [-0.25, -0.2) is 17.8 Å². The Morgan fingerprint density at radius 1 is 1.23 bits per heavy atom. The van der Waals surface area contributed by atoms with E-state index in [9.17, 15) is 12.8 Å². The van der Waals surface area contributed by atoms with Crippen molar-refractivity contribution in [2.75, 3.05) is 33.1 Å². The molecule has 30 heavy (non-hydrogen) atoms. The minimum atomic E-state index is -3.21. The van der Waals surface area contributed by atoms with E-state index in [0.29, 0.717) is 23.6 Å². The number of hydrogen-bond donors (Lipinski definition) is 2. The summed E-state index contributed by atoms with van der Waals surface area (Å²) in [6.07, 6.45) is 7.00. The Kier molecular flexibility index (Phi) is 11.6. The fourth-order valence-electron chi connectivity index (χ4n) is 3.90. The van der Waals surface area contributed by atoms with Crippen molar-refractivity contribution in [2.45, 2.75) is 51.3 Å². The molecule has 0 atom stereocenters. The second-order valence-electron chi connectivity index (χ2n) is 7.98. The summed E-state index contributed by atoms with van der Waals surface area (Å²) in [6.45, 7) is 4.46. The highest BCUT2D eigenvalue weighted by Gasteiger charge is 2.33. The fraction of sp³-hybridized carbons (Fsp3) is 0.667. The monoisotopic (exact) mass is 555 g/mol. The minimum absolute atomic E-state index is 0. The van der Waals surface area contributed by atoms with Crippen LogP contribution in [0.1, 0.15) is 50.2 Å². The van der Waals surface area contributed by atoms with Crippen LogP contribution in [0, 0.1) is 11.2 Å². The van der Waals surface area contributed by atoms with E-state index in [1.165, 1.54) is 50.1 Å². The summed E-state index contributed by atoms with van der Waals surface area (Å²) in [6, 6.07) is 4.18. The molecule has 0 saturated heterocycles. The molecule has 0 heterocycles. The molecule has 0 unspecified atom stereocenters. The number of aliphatic imine (C=N–C) groups is 1. The van der Waals surface area contributed by atoms with E-state index in [2.05, 4.69) is 15.6 Å². The van der Waals surface area contributed by atoms with Crippen LogP contribution in [-0.4, -0.2) is 47.4 Å². The summed E-state index contributed by atoms with van der Waals surface area (Å²) in [5.41, 5.74) is 1.38. The molecule has 2 N–H and O–H groups in total. The van der Waals surface area contributed by atoms with Gasteiger partial charge in [-0.1, -0.05) is 18.9 Å². The number of methoxy groups -OCH3 is 1. The third kappa shape index (κ3) is 9.05. The Morgan fingerprint density at radius 2 is 1.93 bits per heavy atom. The van der Waals surface area contributed by atoms with Crippen LogP contribution < -0.4 is 10.6 Å². The SMILES string of the molecule is CCNC(=NCc1cc(F)ccc1CS(C)(=O)=O)NCC1(CCOC)CCCC1.I. The third-order valence-corrected chi connectivity index (χ3v) is 6.30. The number of nitrogens with zero attached hydrogens (tertiary/aromatic N) is 1. The van der Waals surface area contributed by atoms with Crippen molar-refractivity contribution in [3.63, 3.8) is 0 Å². The fourth-order valence-corrected chi connectivity index (χ4v) is 4.75. The van der Waals surface area contributed by atoms with Gasteiger partial charge in [0.1, 0.15) is 5.82 Å². The Bertz CT molecular complexity index is 797. The van der Waals surface area contributed by atoms with Crippen molar-refractivity contribution in [3.05, 3.63) is 35.1 Å². The lowest BCUT2D eigenvalue weighted by atomic mass is 9.83. The van der Waals surface area contributed by atoms with Crippen LogP contribution in [0.2, 0.25) is 0 Å². The first kappa shape index (κ1) is 27.1. The minimum Gasteiger partial charge on any atom is -0.385 e. The first-order valence-electron chi connectivity index (χ1n) is 10.2. The summed E-state index contributed by atoms with van der Waals surface area (Å²) in [4.78, 5) is 4.59. The first-order valence-corrected chi connectivity index (χ1v) is 12.3. The van der Waals surface area contributed by atoms with E-state index in [0.717, 1.165) is 19.6 Å². The molecular formula is C21H35FIN3O3S. The zero-order chi connectivity index (χ0) is 21.3. The molecule has 9 heteroatoms. The lowest BCUT2D eigenvalue weighted by molar-refractivity contribution is 0.138. The van der Waals surface area contributed by atoms with Gasteiger partial charge in [-0.05, 0) is 54.9 Å². The normalized spacial score (nSPS) is 16.2. The molecule has 1 aromatic rings. The molecule has 0 spiro atoms. The number of nitrogens with one attached hydrogen (secondary N) is 2. The molecule has 0 aromatic heterocycles. The lowest BCUT2D eigenvalue weighted by Crippen LogP contribution is -2.43. The molecular weight excluding hydrogens is 520 g/mol. The summed E-state index contributed by atoms with van der Waals surface area (Å²) in [7, 11) is -1.48. The Balaban J connectivity index is 0.00000450. The molecule has 0 aliphatic heterocycles. The molecule has 172 valence electrons. The topological polar surface area (TPSA) is 79.8 Å². The van der Waals surface area contributed by atoms with Crippen LogP contribution in [0.25, 0.3) is 0 Å². The van der Waals surface area contributed by atoms with E-state index in [-0.39, 0.29) is 41.7 Å². The van der Waals surface area contributed by atoms with Gasteiger partial charge in [0.05, 0.1) is 12.3 Å². The maximum atomic E-state index is 13.7. The predicted molar refractivity (Wildman–Crippen MR) is 131 cm³/mol. The van der Waals surface area contributed by atoms with Crippen molar-refractivity contribution in [1.29, 1.82) is 0 Å². The van der Waals surface area contributed by atoms with Gasteiger partial charge in [-0.3, -0.25) is 0 Å². The highest BCUT2D eigenvalue weighted by Crippen LogP contribution is 2.40. The maximum absolute atomic E-state index is 13.7. The molecule has 1 fully saturated rings. The smallest absolute Gasteiger partial charge is 0.191 e. The molecule has 0 radical (unpaired) electrons. The summed E-state index contributed by atoms with van der Waals surface area (Å²) >= 11 is 0. The quantitative estimate of drug-likeness (QED) is 0.262. The molecule has 1 aromatic carbocycles. The largest absolute Gasteiger partial charge is 0.385 e. The molecule has 1 aliphatic rings. The van der Waals surface area contributed by atoms with Gasteiger partial charge in [0.25, 0.3) is 0 Å². The second-order valence-corrected chi connectivity index (χ2v) is 10.1. The number of benzene rings is 1. The van der Waals surface area contributed by atoms with Gasteiger partial charge in [-0.2, -0.15) is 0 Å². The Labute approximate surface area is 197 Å². The van der Waals surface area contributed by atoms with Crippen LogP contribution in [0.5, 0.6) is 0 Å². The van der Waals surface area contributed by atoms with Crippen LogP contribution in [0.4, 0.5) is 4.39 Å². The number of ether oxygens (including phenoxy) is 1. The average Bonchev–Trinajstić information content (AvgIpc) is 3.12. The zero-order valence-electron chi connectivity index (χ0n) is 18.2. The van der Waals surface area contributed by atoms with E-state index >= 15 is 0 Å². The van der Waals surface area contributed by atoms with Gasteiger partial charge in [0.2, 0.25) is 0 Å². The van der Waals surface area contributed by atoms with Gasteiger partial charge in [0, 0.05) is 33.1 Å². The van der Waals surface area contributed by atoms with Crippen LogP contribution in [-0.2, 0) is 26.9 Å². The Morgan fingerprint density at radius 3 is 2.53 bits per heavy atom. The molecule has 1 saturated carbocycles. The standard InChI is InChI=1S/C21H34FN3O3S.HI/c1-4-23-20(25-16-21(11-12-28-2)9-5-6-10-21)24-14-18-13-19(22)8-7-17(18)15-29(3,26)27;/h7-8,13H,4-6,9-12,14-16H2,1-3H3,(H2,23,24,25);1H. The highest BCUT2D eigenvalue weighted by atomic mass is 127. The zero-order valence-corrected chi connectivity index (χ0v) is 21.3. The number of sulfone groups is 1. The van der Waals surface area contributed by atoms with Crippen LogP contribution >= 0.6 is 24.0 Å². The van der Waals surface area contributed by atoms with Gasteiger partial charge in [-0.15, -0.1) is 24.0 Å². The summed E-state index contributed by atoms with van der Waals surface area (Å²) in [5, 5.41) is 6.66. The van der Waals surface area contributed by atoms with E-state index < -0.39 is 15.7 Å². The van der Waals surface area contributed by atoms with Crippen LogP contribution in [0.15, 0.2) is 23.2 Å². The third-order valence-electron chi connectivity index (χ3n) is 5.47. The van der Waals surface area contributed by atoms with E-state index in [4.69, 9.17) is 4.74 Å². The van der Waals surface area contributed by atoms with Gasteiger partial charge in [0.15, 0.2) is 15.8 Å². The molecule has 0 amide bonds. The number of guanidine groups is 1. The number of rotatable bonds is 10. The van der Waals surface area contributed by atoms with Crippen molar-refractivity contribution in [1.82, 2.24) is 10.6 Å². The first-order chi connectivity index (χ1) is 13.8. The molecule has 2 rings (SSSR count). The molecule has 6 nitrogen and oxygen atoms in total. The predicted octanol–water partition coefficient (Wildman–Crippen LogP) is 3.64. The average molecular weight is 555 g/mol. The highest BCUT2D eigenvalue weighted by molar-refractivity contribution is 14.0. The summed E-state index contributed by atoms with van der Waals surface area (Å²) < 4.78 is 42.4. The van der Waals surface area contributed by atoms with Crippen LogP contribution in [0.3, 0.4) is 0 Å². The van der Waals surface area contributed by atoms with Crippen molar-refractivity contribution >= 4 is 39.8 Å². The molecule has 1 aliphatic carbocycles. The lowest BCUT2D eigenvalue weighted by Gasteiger charge is -2.30. The van der Waals surface area contributed by atoms with Crippen molar-refractivity contribution < 1.29 is 17.5 Å².